The lowest BCUT2D eigenvalue weighted by molar-refractivity contribution is 0.479. The Kier molecular flexibility index (Phi) is 1.88. The third-order valence-corrected chi connectivity index (χ3v) is 2.59. The van der Waals surface area contributed by atoms with Gasteiger partial charge in [-0.1, -0.05) is 24.3 Å². The van der Waals surface area contributed by atoms with Crippen LogP contribution in [0.1, 0.15) is 0 Å². The zero-order valence-electron chi connectivity index (χ0n) is 6.16. The van der Waals surface area contributed by atoms with Crippen LogP contribution >= 0.6 is 22.6 Å². The van der Waals surface area contributed by atoms with Crippen LogP contribution in [0.2, 0.25) is 0 Å². The van der Waals surface area contributed by atoms with E-state index in [1.54, 1.807) is 0 Å². The van der Waals surface area contributed by atoms with E-state index >= 15 is 0 Å². The molecule has 0 bridgehead atoms. The predicted molar refractivity (Wildman–Crippen MR) is 56.1 cm³/mol. The molecule has 60 valence electrons. The second kappa shape index (κ2) is 2.90. The van der Waals surface area contributed by atoms with Gasteiger partial charge in [0, 0.05) is 10.8 Å². The molecule has 2 nitrogen and oxygen atoms in total. The fourth-order valence-corrected chi connectivity index (χ4v) is 1.75. The van der Waals surface area contributed by atoms with Gasteiger partial charge in [0.2, 0.25) is 0 Å². The van der Waals surface area contributed by atoms with Gasteiger partial charge >= 0.3 is 0 Å². The summed E-state index contributed by atoms with van der Waals surface area (Å²) in [7, 11) is 0. The fraction of sp³-hybridized carbons (Fsp3) is 0. The van der Waals surface area contributed by atoms with Gasteiger partial charge in [-0.3, -0.25) is 0 Å². The lowest BCUT2D eigenvalue weighted by Crippen LogP contribution is -1.82. The average molecular weight is 271 g/mol. The summed E-state index contributed by atoms with van der Waals surface area (Å²) in [5.41, 5.74) is 0. The molecule has 0 fully saturated rings. The Morgan fingerprint density at radius 2 is 1.83 bits per heavy atom. The molecule has 0 radical (unpaired) electrons. The summed E-state index contributed by atoms with van der Waals surface area (Å²) in [6, 6.07) is 7.67. The van der Waals surface area contributed by atoms with Crippen molar-refractivity contribution >= 4 is 33.4 Å². The lowest BCUT2D eigenvalue weighted by Gasteiger charge is -2.00. The summed E-state index contributed by atoms with van der Waals surface area (Å²) in [5, 5.41) is 11.3. The lowest BCUT2D eigenvalue weighted by atomic mass is 10.2. The monoisotopic (exact) mass is 271 g/mol. The summed E-state index contributed by atoms with van der Waals surface area (Å²) >= 11 is 2.15. The number of aromatic hydroxyl groups is 1. The van der Waals surface area contributed by atoms with Crippen molar-refractivity contribution in [2.24, 2.45) is 0 Å². The number of benzene rings is 1. The Morgan fingerprint density at radius 1 is 1.17 bits per heavy atom. The van der Waals surface area contributed by atoms with E-state index in [0.717, 1.165) is 14.5 Å². The zero-order valence-corrected chi connectivity index (χ0v) is 8.32. The van der Waals surface area contributed by atoms with Crippen LogP contribution in [0.3, 0.4) is 0 Å². The first kappa shape index (κ1) is 7.79. The van der Waals surface area contributed by atoms with E-state index in [2.05, 4.69) is 27.6 Å². The molecule has 2 aromatic rings. The Hall–Kier alpha value is -0.840. The van der Waals surface area contributed by atoms with Gasteiger partial charge in [-0.15, -0.1) is 0 Å². The van der Waals surface area contributed by atoms with Gasteiger partial charge in [-0.05, 0) is 22.6 Å². The van der Waals surface area contributed by atoms with Crippen molar-refractivity contribution in [2.45, 2.75) is 0 Å². The number of hydrogen-bond donors (Lipinski definition) is 1. The molecule has 0 aliphatic heterocycles. The Bertz CT molecular complexity index is 387. The van der Waals surface area contributed by atoms with E-state index < -0.39 is 0 Å². The van der Waals surface area contributed by atoms with E-state index in [-0.39, 0.29) is 5.75 Å². The number of nitrogens with zero attached hydrogens (tertiary/aromatic N) is 1. The number of rotatable bonds is 0. The maximum atomic E-state index is 9.43. The number of aromatic nitrogens is 1. The second-order valence-electron chi connectivity index (χ2n) is 2.48. The Labute approximate surface area is 83.4 Å². The molecule has 0 spiro atoms. The third-order valence-electron chi connectivity index (χ3n) is 1.73. The predicted octanol–water partition coefficient (Wildman–Crippen LogP) is 2.55. The van der Waals surface area contributed by atoms with Gasteiger partial charge in [0.1, 0.15) is 9.45 Å². The third kappa shape index (κ3) is 1.14. The molecule has 12 heavy (non-hydrogen) atoms. The van der Waals surface area contributed by atoms with E-state index in [1.807, 2.05) is 24.3 Å². The van der Waals surface area contributed by atoms with Crippen molar-refractivity contribution in [1.82, 2.24) is 4.98 Å². The molecule has 0 aliphatic rings. The number of fused-ring (bicyclic) bond motifs is 1. The summed E-state index contributed by atoms with van der Waals surface area (Å²) in [5.74, 6) is 0.242. The van der Waals surface area contributed by atoms with Crippen molar-refractivity contribution in [3.63, 3.8) is 0 Å². The molecular weight excluding hydrogens is 265 g/mol. The fourth-order valence-electron chi connectivity index (χ4n) is 1.14. The normalized spacial score (nSPS) is 10.4. The van der Waals surface area contributed by atoms with Crippen molar-refractivity contribution in [3.8, 4) is 5.75 Å². The number of hydrogen-bond acceptors (Lipinski definition) is 2. The standard InChI is InChI=1S/C9H6INO/c10-9-7-4-2-1-3-6(7)8(12)5-11-9/h1-5,12H. The second-order valence-corrected chi connectivity index (χ2v) is 3.50. The van der Waals surface area contributed by atoms with Gasteiger partial charge in [-0.2, -0.15) is 0 Å². The molecule has 0 saturated heterocycles. The molecule has 0 unspecified atom stereocenters. The molecule has 3 heteroatoms. The van der Waals surface area contributed by atoms with Crippen LogP contribution in [-0.2, 0) is 0 Å². The van der Waals surface area contributed by atoms with Crippen LogP contribution < -0.4 is 0 Å². The molecule has 1 heterocycles. The highest BCUT2D eigenvalue weighted by Gasteiger charge is 2.01. The quantitative estimate of drug-likeness (QED) is 0.590. The minimum atomic E-state index is 0.242. The van der Waals surface area contributed by atoms with Gasteiger partial charge < -0.3 is 5.11 Å². The molecule has 0 aliphatic carbocycles. The van der Waals surface area contributed by atoms with Crippen LogP contribution in [0.15, 0.2) is 30.5 Å². The van der Waals surface area contributed by atoms with E-state index in [4.69, 9.17) is 0 Å². The van der Waals surface area contributed by atoms with Gasteiger partial charge in [0.25, 0.3) is 0 Å². The smallest absolute Gasteiger partial charge is 0.141 e. The minimum absolute atomic E-state index is 0.242. The molecule has 1 aromatic heterocycles. The first-order valence-corrected chi connectivity index (χ1v) is 4.59. The molecule has 0 saturated carbocycles. The molecule has 0 amide bonds. The molecule has 2 rings (SSSR count). The average Bonchev–Trinajstić information content (AvgIpc) is 2.12. The van der Waals surface area contributed by atoms with E-state index in [0.29, 0.717) is 0 Å². The molecule has 0 atom stereocenters. The minimum Gasteiger partial charge on any atom is -0.506 e. The van der Waals surface area contributed by atoms with Crippen molar-refractivity contribution in [1.29, 1.82) is 0 Å². The first-order chi connectivity index (χ1) is 5.79. The summed E-state index contributed by atoms with van der Waals surface area (Å²) in [6.07, 6.45) is 1.48. The Morgan fingerprint density at radius 3 is 2.50 bits per heavy atom. The van der Waals surface area contributed by atoms with Crippen LogP contribution in [0.25, 0.3) is 10.8 Å². The van der Waals surface area contributed by atoms with Crippen molar-refractivity contribution in [3.05, 3.63) is 34.2 Å². The zero-order chi connectivity index (χ0) is 8.55. The van der Waals surface area contributed by atoms with Gasteiger partial charge in [0.05, 0.1) is 6.20 Å². The molecule has 1 aromatic carbocycles. The van der Waals surface area contributed by atoms with Crippen molar-refractivity contribution < 1.29 is 5.11 Å². The summed E-state index contributed by atoms with van der Waals surface area (Å²) in [6.45, 7) is 0. The maximum absolute atomic E-state index is 9.43. The topological polar surface area (TPSA) is 33.1 Å². The van der Waals surface area contributed by atoms with Crippen LogP contribution in [0, 0.1) is 3.70 Å². The number of halogens is 1. The van der Waals surface area contributed by atoms with Gasteiger partial charge in [-0.25, -0.2) is 4.98 Å². The summed E-state index contributed by atoms with van der Waals surface area (Å²) < 4.78 is 0.918. The number of pyridine rings is 1. The van der Waals surface area contributed by atoms with Crippen molar-refractivity contribution in [2.75, 3.05) is 0 Å². The highest BCUT2D eigenvalue weighted by molar-refractivity contribution is 14.1. The SMILES string of the molecule is Oc1cnc(I)c2ccccc12. The largest absolute Gasteiger partial charge is 0.506 e. The molecular formula is C9H6INO. The highest BCUT2D eigenvalue weighted by atomic mass is 127. The summed E-state index contributed by atoms with van der Waals surface area (Å²) in [4.78, 5) is 4.04. The van der Waals surface area contributed by atoms with E-state index in [9.17, 15) is 5.11 Å². The highest BCUT2D eigenvalue weighted by Crippen LogP contribution is 2.25. The van der Waals surface area contributed by atoms with Gasteiger partial charge in [0.15, 0.2) is 0 Å². The molecule has 1 N–H and O–H groups in total. The first-order valence-electron chi connectivity index (χ1n) is 3.51. The van der Waals surface area contributed by atoms with Crippen LogP contribution in [0.4, 0.5) is 0 Å². The van der Waals surface area contributed by atoms with E-state index in [1.165, 1.54) is 6.20 Å². The maximum Gasteiger partial charge on any atom is 0.141 e. The van der Waals surface area contributed by atoms with Crippen LogP contribution in [0.5, 0.6) is 5.75 Å². The Balaban J connectivity index is 2.95. The van der Waals surface area contributed by atoms with Crippen LogP contribution in [-0.4, -0.2) is 10.1 Å².